The predicted molar refractivity (Wildman–Crippen MR) is 77.4 cm³/mol. The zero-order valence-corrected chi connectivity index (χ0v) is 12.8. The van der Waals surface area contributed by atoms with Gasteiger partial charge in [-0.2, -0.15) is 0 Å². The van der Waals surface area contributed by atoms with Crippen LogP contribution in [0.2, 0.25) is 0 Å². The smallest absolute Gasteiger partial charge is 0.305 e. The van der Waals surface area contributed by atoms with E-state index in [0.29, 0.717) is 18.1 Å². The van der Waals surface area contributed by atoms with Crippen LogP contribution in [0.5, 0.6) is 0 Å². The van der Waals surface area contributed by atoms with E-state index in [1.165, 1.54) is 4.90 Å². The number of nitrogens with zero attached hydrogens (tertiary/aromatic N) is 2. The number of carboxylic acids is 1. The van der Waals surface area contributed by atoms with Crippen molar-refractivity contribution < 1.29 is 19.5 Å². The van der Waals surface area contributed by atoms with Crippen LogP contribution in [0.15, 0.2) is 0 Å². The second kappa shape index (κ2) is 8.14. The molecule has 7 heteroatoms. The van der Waals surface area contributed by atoms with Gasteiger partial charge in [-0.05, 0) is 6.42 Å². The largest absolute Gasteiger partial charge is 0.481 e. The summed E-state index contributed by atoms with van der Waals surface area (Å²) >= 11 is 1.56. The van der Waals surface area contributed by atoms with Crippen LogP contribution in [-0.4, -0.2) is 64.0 Å². The summed E-state index contributed by atoms with van der Waals surface area (Å²) in [7, 11) is 1.59. The number of rotatable bonds is 7. The van der Waals surface area contributed by atoms with E-state index in [9.17, 15) is 14.4 Å². The number of unbranched alkanes of at least 4 members (excludes halogenated alkanes) is 1. The second-order valence-electron chi connectivity index (χ2n) is 4.89. The van der Waals surface area contributed by atoms with Gasteiger partial charge >= 0.3 is 5.97 Å². The Kier molecular flexibility index (Phi) is 6.84. The maximum absolute atomic E-state index is 12.3. The van der Waals surface area contributed by atoms with Crippen molar-refractivity contribution >= 4 is 29.5 Å². The van der Waals surface area contributed by atoms with Gasteiger partial charge in [-0.1, -0.05) is 13.3 Å². The highest BCUT2D eigenvalue weighted by molar-refractivity contribution is 7.99. The van der Waals surface area contributed by atoms with Gasteiger partial charge in [0.2, 0.25) is 11.8 Å². The van der Waals surface area contributed by atoms with Gasteiger partial charge in [-0.3, -0.25) is 14.4 Å². The molecule has 0 aromatic rings. The summed E-state index contributed by atoms with van der Waals surface area (Å²) in [6, 6.07) is -0.442. The standard InChI is InChI=1S/C13H22N2O4S/c1-3-4-5-11(16)15-9-20-8-10(15)13(19)14(2)7-6-12(17)18/h10H,3-9H2,1-2H3,(H,17,18). The van der Waals surface area contributed by atoms with Gasteiger partial charge in [-0.25, -0.2) is 0 Å². The Morgan fingerprint density at radius 1 is 1.35 bits per heavy atom. The third kappa shape index (κ3) is 4.70. The molecular formula is C13H22N2O4S. The van der Waals surface area contributed by atoms with Gasteiger partial charge in [-0.15, -0.1) is 11.8 Å². The fourth-order valence-electron chi connectivity index (χ4n) is 1.99. The lowest BCUT2D eigenvalue weighted by Gasteiger charge is -2.27. The molecule has 0 spiro atoms. The molecule has 1 N–H and O–H groups in total. The van der Waals surface area contributed by atoms with Crippen LogP contribution in [0.4, 0.5) is 0 Å². The maximum Gasteiger partial charge on any atom is 0.305 e. The highest BCUT2D eigenvalue weighted by atomic mass is 32.2. The van der Waals surface area contributed by atoms with Crippen LogP contribution in [0.1, 0.15) is 32.6 Å². The lowest BCUT2D eigenvalue weighted by molar-refractivity contribution is -0.144. The van der Waals surface area contributed by atoms with E-state index in [1.54, 1.807) is 23.7 Å². The molecule has 0 aromatic carbocycles. The minimum atomic E-state index is -0.929. The summed E-state index contributed by atoms with van der Waals surface area (Å²) in [4.78, 5) is 37.9. The molecule has 1 fully saturated rings. The van der Waals surface area contributed by atoms with Gasteiger partial charge in [0, 0.05) is 25.8 Å². The van der Waals surface area contributed by atoms with Crippen molar-refractivity contribution in [2.45, 2.75) is 38.6 Å². The molecule has 1 rings (SSSR count). The Labute approximate surface area is 123 Å². The summed E-state index contributed by atoms with van der Waals surface area (Å²) < 4.78 is 0. The average molecular weight is 302 g/mol. The van der Waals surface area contributed by atoms with Crippen molar-refractivity contribution in [2.24, 2.45) is 0 Å². The van der Waals surface area contributed by atoms with Crippen molar-refractivity contribution in [1.29, 1.82) is 0 Å². The molecule has 1 saturated heterocycles. The second-order valence-corrected chi connectivity index (χ2v) is 5.89. The van der Waals surface area contributed by atoms with E-state index in [0.717, 1.165) is 12.8 Å². The minimum Gasteiger partial charge on any atom is -0.481 e. The number of amides is 2. The van der Waals surface area contributed by atoms with E-state index in [2.05, 4.69) is 0 Å². The summed E-state index contributed by atoms with van der Waals surface area (Å²) in [6.45, 7) is 2.20. The first-order valence-corrected chi connectivity index (χ1v) is 7.96. The summed E-state index contributed by atoms with van der Waals surface area (Å²) in [5, 5.41) is 8.64. The third-order valence-corrected chi connectivity index (χ3v) is 4.28. The number of carbonyl (C=O) groups is 3. The molecule has 114 valence electrons. The predicted octanol–water partition coefficient (Wildman–Crippen LogP) is 1.01. The van der Waals surface area contributed by atoms with Gasteiger partial charge in [0.05, 0.1) is 12.3 Å². The fraction of sp³-hybridized carbons (Fsp3) is 0.769. The van der Waals surface area contributed by atoms with Crippen LogP contribution in [0, 0.1) is 0 Å². The molecule has 1 aliphatic rings. The summed E-state index contributed by atoms with van der Waals surface area (Å²) in [5.41, 5.74) is 0. The maximum atomic E-state index is 12.3. The molecule has 6 nitrogen and oxygen atoms in total. The van der Waals surface area contributed by atoms with E-state index >= 15 is 0 Å². The summed E-state index contributed by atoms with van der Waals surface area (Å²) in [5.74, 6) is 0.0593. The van der Waals surface area contributed by atoms with E-state index < -0.39 is 12.0 Å². The molecular weight excluding hydrogens is 280 g/mol. The third-order valence-electron chi connectivity index (χ3n) is 3.27. The number of carbonyl (C=O) groups excluding carboxylic acids is 2. The Bertz CT molecular complexity index is 375. The van der Waals surface area contributed by atoms with Gasteiger partial charge < -0.3 is 14.9 Å². The normalized spacial score (nSPS) is 18.1. The van der Waals surface area contributed by atoms with Crippen molar-refractivity contribution in [3.05, 3.63) is 0 Å². The van der Waals surface area contributed by atoms with Gasteiger partial charge in [0.15, 0.2) is 0 Å². The monoisotopic (exact) mass is 302 g/mol. The van der Waals surface area contributed by atoms with E-state index in [-0.39, 0.29) is 24.8 Å². The van der Waals surface area contributed by atoms with Gasteiger partial charge in [0.1, 0.15) is 6.04 Å². The zero-order valence-electron chi connectivity index (χ0n) is 12.0. The van der Waals surface area contributed by atoms with Crippen molar-refractivity contribution in [2.75, 3.05) is 25.2 Å². The van der Waals surface area contributed by atoms with Crippen molar-refractivity contribution in [1.82, 2.24) is 9.80 Å². The number of thioether (sulfide) groups is 1. The average Bonchev–Trinajstić information content (AvgIpc) is 2.90. The molecule has 0 saturated carbocycles. The number of likely N-dealkylation sites (N-methyl/N-ethyl adjacent to an activating group) is 1. The number of hydrogen-bond acceptors (Lipinski definition) is 4. The van der Waals surface area contributed by atoms with E-state index in [4.69, 9.17) is 5.11 Å². The van der Waals surface area contributed by atoms with E-state index in [1.807, 2.05) is 6.92 Å². The number of aliphatic carboxylic acids is 1. The Hall–Kier alpha value is -1.24. The van der Waals surface area contributed by atoms with Crippen LogP contribution in [0.3, 0.4) is 0 Å². The molecule has 0 radical (unpaired) electrons. The highest BCUT2D eigenvalue weighted by Gasteiger charge is 2.35. The molecule has 1 atom stereocenters. The van der Waals surface area contributed by atoms with Gasteiger partial charge in [0.25, 0.3) is 0 Å². The first-order valence-electron chi connectivity index (χ1n) is 6.81. The molecule has 0 aromatic heterocycles. The molecule has 1 heterocycles. The molecule has 1 aliphatic heterocycles. The van der Waals surface area contributed by atoms with Crippen LogP contribution >= 0.6 is 11.8 Å². The highest BCUT2D eigenvalue weighted by Crippen LogP contribution is 2.23. The zero-order chi connectivity index (χ0) is 15.1. The minimum absolute atomic E-state index is 0.0156. The van der Waals surface area contributed by atoms with Crippen molar-refractivity contribution in [3.63, 3.8) is 0 Å². The quantitative estimate of drug-likeness (QED) is 0.759. The Balaban J connectivity index is 2.56. The van der Waals surface area contributed by atoms with Crippen LogP contribution < -0.4 is 0 Å². The Morgan fingerprint density at radius 2 is 2.05 bits per heavy atom. The molecule has 2 amide bonds. The fourth-order valence-corrected chi connectivity index (χ4v) is 3.16. The molecule has 0 bridgehead atoms. The SMILES string of the molecule is CCCCC(=O)N1CSCC1C(=O)N(C)CCC(=O)O. The molecule has 1 unspecified atom stereocenters. The summed E-state index contributed by atoms with van der Waals surface area (Å²) in [6.07, 6.45) is 2.17. The first kappa shape index (κ1) is 16.8. The van der Waals surface area contributed by atoms with Crippen molar-refractivity contribution in [3.8, 4) is 0 Å². The topological polar surface area (TPSA) is 77.9 Å². The lowest BCUT2D eigenvalue weighted by Crippen LogP contribution is -2.48. The lowest BCUT2D eigenvalue weighted by atomic mass is 10.2. The molecule has 20 heavy (non-hydrogen) atoms. The molecule has 0 aliphatic carbocycles. The number of hydrogen-bond donors (Lipinski definition) is 1. The van der Waals surface area contributed by atoms with Crippen LogP contribution in [-0.2, 0) is 14.4 Å². The Morgan fingerprint density at radius 3 is 2.65 bits per heavy atom. The first-order chi connectivity index (χ1) is 9.47. The van der Waals surface area contributed by atoms with Crippen LogP contribution in [0.25, 0.3) is 0 Å². The number of carboxylic acid groups (broad SMARTS) is 1.